The number of nitrogens with two attached hydrogens (primary N) is 1. The standard InChI is InChI=1S/C91H120N20O26S/c1-8-10-21-68-84(129)99-59(28-30-74(115)116)80(125)106-67(79(124)96-43-72(92)113)45-138-46-73(114)98-64(33-49-24-26-54(137-7)27-25-49)87(132)107(4)48(3)78(123)104-66(39-77(121)122)90(135)110-32-16-23-69(110)85(130)103-62(36-52-42-93-47-97-52)82(127)100-60(29-31-75(117)118)89(134)111-44-53(112)37-71(111)86(131)102-61(34-50-40-94-57-19-14-12-17-55(50)57)81(126)101-63(38-76(119)120)83(128)105-65(35-51-41-95-58-20-15-13-18-56(51)58)88(133)109(6)70(22-11-9-2)91(136)108(68)5/h12-15,17-20,24-27,40-42,47-48,53,59-71,94-95,112H,8-11,16,21-23,28-39,43-46H2,1-7H3,(H2,92,113)(H,93,97)(H,96,124)(H,98,114)(H,99,129)(H,100,127)(H,101,126)(H,102,131)(H,103,130)(H,104,123)(H,105,128)(H,106,125)(H,115,116)(H,117,118)(H,119,120)(H,121,122)/t48-,53+,59-,60-,61-,62-,63-,64-,65-,66+,67-,68-,69-,70-,71-/m0/s1. The summed E-state index contributed by atoms with van der Waals surface area (Å²) in [7, 11) is 5.07. The summed E-state index contributed by atoms with van der Waals surface area (Å²) in [4.78, 5) is 306. The van der Waals surface area contributed by atoms with E-state index in [4.69, 9.17) is 10.5 Å². The molecule has 3 aliphatic heterocycles. The summed E-state index contributed by atoms with van der Waals surface area (Å²) < 4.78 is 5.32. The lowest BCUT2D eigenvalue weighted by atomic mass is 9.99. The van der Waals surface area contributed by atoms with Crippen LogP contribution in [0.25, 0.3) is 21.8 Å². The maximum Gasteiger partial charge on any atom is 0.305 e. The lowest BCUT2D eigenvalue weighted by Crippen LogP contribution is -2.61. The number of aliphatic hydroxyl groups is 1. The van der Waals surface area contributed by atoms with Crippen LogP contribution in [-0.4, -0.2) is 338 Å². The molecule has 3 fully saturated rings. The fraction of sp³-hybridized carbons (Fsp3) is 0.505. The molecule has 20 N–H and O–H groups in total. The fourth-order valence-corrected chi connectivity index (χ4v) is 17.5. The predicted molar refractivity (Wildman–Crippen MR) is 493 cm³/mol. The Morgan fingerprint density at radius 2 is 1.01 bits per heavy atom. The van der Waals surface area contributed by atoms with Crippen molar-refractivity contribution < 1.29 is 126 Å². The minimum atomic E-state index is -2.12. The highest BCUT2D eigenvalue weighted by molar-refractivity contribution is 8.00. The highest BCUT2D eigenvalue weighted by atomic mass is 32.2. The molecule has 138 heavy (non-hydrogen) atoms. The average molecular weight is 1940 g/mol. The van der Waals surface area contributed by atoms with Gasteiger partial charge >= 0.3 is 23.9 Å². The molecule has 3 aliphatic rings. The average Bonchev–Trinajstić information content (AvgIpc) is 1.71. The van der Waals surface area contributed by atoms with Gasteiger partial charge in [0.1, 0.15) is 90.3 Å². The number of aromatic amines is 3. The Hall–Kier alpha value is -14.5. The van der Waals surface area contributed by atoms with Crippen LogP contribution in [0.2, 0.25) is 0 Å². The van der Waals surface area contributed by atoms with Crippen LogP contribution in [0, 0.1) is 0 Å². The van der Waals surface area contributed by atoms with Crippen molar-refractivity contribution in [1.29, 1.82) is 0 Å². The minimum absolute atomic E-state index is 0.0842. The number of imidazole rings is 1. The maximum atomic E-state index is 15.8. The molecular weight excluding hydrogens is 1820 g/mol. The monoisotopic (exact) mass is 1940 g/mol. The Morgan fingerprint density at radius 1 is 0.507 bits per heavy atom. The van der Waals surface area contributed by atoms with Crippen LogP contribution >= 0.6 is 11.8 Å². The van der Waals surface area contributed by atoms with Crippen LogP contribution in [0.5, 0.6) is 5.75 Å². The summed E-state index contributed by atoms with van der Waals surface area (Å²) in [6.45, 7) is 3.10. The normalized spacial score (nSPS) is 24.4. The lowest BCUT2D eigenvalue weighted by molar-refractivity contribution is -0.149. The SMILES string of the molecule is CCCC[C@H]1C(=O)N(C)[C@@H](CCCC)C(=O)N[C@@H](CCC(=O)O)C(=O)N[C@H](C(=O)NCC(N)=O)CSCC(=O)N[C@@H](Cc2ccc(OC)cc2)C(=O)N(C)[C@@H](C)C(=O)N[C@H](CC(=O)O)C(=O)N2CCC[C@H]2C(=O)N[C@@H](Cc2cnc[nH]2)C(=O)N[C@@H](CCC(=O)O)C(=O)N2C[C@H](O)C[C@H]2C(=O)N[C@@H](Cc2c[nH]c3ccccc23)C(=O)N[C@@H](CC(=O)O)C(=O)N[C@@H](Cc2c[nH]c3ccccc23)C(=O)N1C. The van der Waals surface area contributed by atoms with Crippen LogP contribution in [0.3, 0.4) is 0 Å². The van der Waals surface area contributed by atoms with Gasteiger partial charge in [-0.15, -0.1) is 11.8 Å². The number of aromatic nitrogens is 4. The van der Waals surface area contributed by atoms with Crippen molar-refractivity contribution in [2.24, 2.45) is 5.73 Å². The number of carboxylic acids is 4. The van der Waals surface area contributed by atoms with Gasteiger partial charge < -0.3 is 129 Å². The van der Waals surface area contributed by atoms with E-state index < -0.39 is 291 Å². The van der Waals surface area contributed by atoms with Gasteiger partial charge in [0.15, 0.2) is 0 Å². The number of ether oxygens (including phenoxy) is 1. The number of likely N-dealkylation sites (N-methyl/N-ethyl adjacent to an activating group) is 3. The molecule has 0 saturated carbocycles. The molecule has 0 spiro atoms. The van der Waals surface area contributed by atoms with E-state index in [9.17, 15) is 83.1 Å². The Kier molecular flexibility index (Phi) is 39.5. The number of hydrogen-bond donors (Lipinski definition) is 19. The molecule has 47 heteroatoms. The van der Waals surface area contributed by atoms with Crippen molar-refractivity contribution >= 4 is 152 Å². The van der Waals surface area contributed by atoms with Crippen LogP contribution in [0.4, 0.5) is 0 Å². The number of aliphatic carboxylic acids is 4. The highest BCUT2D eigenvalue weighted by Gasteiger charge is 2.47. The third-order valence-electron chi connectivity index (χ3n) is 24.3. The van der Waals surface area contributed by atoms with Crippen LogP contribution in [-0.2, 0) is 122 Å². The zero-order valence-electron chi connectivity index (χ0n) is 77.3. The molecule has 0 radical (unpaired) electrons. The van der Waals surface area contributed by atoms with Gasteiger partial charge in [0.05, 0.1) is 44.7 Å². The highest BCUT2D eigenvalue weighted by Crippen LogP contribution is 2.28. The molecule has 0 aliphatic carbocycles. The minimum Gasteiger partial charge on any atom is -0.497 e. The molecule has 16 amide bonds. The van der Waals surface area contributed by atoms with E-state index in [0.717, 1.165) is 24.5 Å². The number of carbonyl (C=O) groups is 20. The summed E-state index contributed by atoms with van der Waals surface area (Å²) in [6.07, 6.45) is -2.31. The first-order valence-corrected chi connectivity index (χ1v) is 46.4. The predicted octanol–water partition coefficient (Wildman–Crippen LogP) is -2.12. The molecule has 15 atom stereocenters. The van der Waals surface area contributed by atoms with Crippen molar-refractivity contribution in [2.45, 2.75) is 233 Å². The van der Waals surface area contributed by atoms with Crippen LogP contribution < -0.4 is 63.6 Å². The molecular formula is C91H120N20O26S. The van der Waals surface area contributed by atoms with Gasteiger partial charge in [-0.25, -0.2) is 4.98 Å². The number of amides is 16. The van der Waals surface area contributed by atoms with Gasteiger partial charge in [-0.3, -0.25) is 95.9 Å². The molecule has 6 aromatic rings. The zero-order valence-corrected chi connectivity index (χ0v) is 78.2. The second kappa shape index (κ2) is 50.9. The number of fused-ring (bicyclic) bond motifs is 4. The summed E-state index contributed by atoms with van der Waals surface area (Å²) in [6, 6.07) is -4.53. The Bertz CT molecular complexity index is 5420. The van der Waals surface area contributed by atoms with Crippen LogP contribution in [0.1, 0.15) is 139 Å². The number of nitrogens with one attached hydrogen (secondary N) is 13. The smallest absolute Gasteiger partial charge is 0.305 e. The van der Waals surface area contributed by atoms with Gasteiger partial charge in [0.2, 0.25) is 94.5 Å². The largest absolute Gasteiger partial charge is 0.497 e. The van der Waals surface area contributed by atoms with Crippen molar-refractivity contribution in [3.8, 4) is 5.75 Å². The Morgan fingerprint density at radius 3 is 1.59 bits per heavy atom. The van der Waals surface area contributed by atoms with Crippen molar-refractivity contribution in [3.63, 3.8) is 0 Å². The van der Waals surface area contributed by atoms with E-state index in [1.54, 1.807) is 92.8 Å². The number of H-pyrrole nitrogens is 3. The quantitative estimate of drug-likeness (QED) is 0.0250. The summed E-state index contributed by atoms with van der Waals surface area (Å²) in [5.74, 6) is -24.2. The second-order valence-corrected chi connectivity index (χ2v) is 35.3. The second-order valence-electron chi connectivity index (χ2n) is 34.3. The number of primary amides is 1. The van der Waals surface area contributed by atoms with Crippen LogP contribution in [0.15, 0.2) is 97.7 Å². The summed E-state index contributed by atoms with van der Waals surface area (Å²) in [5, 5.41) is 78.6. The molecule has 0 unspecified atom stereocenters. The number of carbonyl (C=O) groups excluding carboxylic acids is 16. The number of benzene rings is 3. The summed E-state index contributed by atoms with van der Waals surface area (Å²) >= 11 is 0.690. The molecule has 3 aromatic carbocycles. The topological polar surface area (TPSA) is 675 Å². The van der Waals surface area contributed by atoms with Gasteiger partial charge in [-0.05, 0) is 86.4 Å². The third kappa shape index (κ3) is 29.7. The van der Waals surface area contributed by atoms with E-state index in [1.807, 2.05) is 0 Å². The number of rotatable bonds is 28. The van der Waals surface area contributed by atoms with E-state index in [0.29, 0.717) is 68.8 Å². The number of carboxylic acid groups (broad SMARTS) is 4. The van der Waals surface area contributed by atoms with Crippen molar-refractivity contribution in [3.05, 3.63) is 120 Å². The number of unbranched alkanes of at least 4 members (excludes halogenated alkanes) is 2. The Labute approximate surface area is 796 Å². The van der Waals surface area contributed by atoms with E-state index in [1.165, 1.54) is 53.9 Å². The first kappa shape index (κ1) is 107. The van der Waals surface area contributed by atoms with E-state index in [-0.39, 0.29) is 63.6 Å². The van der Waals surface area contributed by atoms with Crippen molar-refractivity contribution in [1.82, 2.24) is 97.6 Å². The number of para-hydroxylation sites is 2. The van der Waals surface area contributed by atoms with Gasteiger partial charge in [0, 0.05) is 131 Å². The molecule has 9 rings (SSSR count). The van der Waals surface area contributed by atoms with E-state index in [2.05, 4.69) is 73.1 Å². The zero-order chi connectivity index (χ0) is 101. The Balaban J connectivity index is 1.12. The first-order chi connectivity index (χ1) is 65.7. The summed E-state index contributed by atoms with van der Waals surface area (Å²) in [5.41, 5.74) is 7.90. The van der Waals surface area contributed by atoms with Gasteiger partial charge in [-0.1, -0.05) is 88.1 Å². The first-order valence-electron chi connectivity index (χ1n) is 45.2. The molecule has 46 nitrogen and oxygen atoms in total. The number of aliphatic hydroxyl groups excluding tert-OH is 1. The van der Waals surface area contributed by atoms with E-state index >= 15 is 38.4 Å². The molecule has 3 aromatic heterocycles. The lowest BCUT2D eigenvalue weighted by Gasteiger charge is -2.36. The third-order valence-corrected chi connectivity index (χ3v) is 25.4. The number of hydrogen-bond acceptors (Lipinski definition) is 24. The fourth-order valence-electron chi connectivity index (χ4n) is 16.7. The maximum absolute atomic E-state index is 15.8. The number of methoxy groups -OCH3 is 1. The van der Waals surface area contributed by atoms with Gasteiger partial charge in [-0.2, -0.15) is 0 Å². The molecule has 3 saturated heterocycles. The van der Waals surface area contributed by atoms with Gasteiger partial charge in [0.25, 0.3) is 0 Å². The number of nitrogens with zero attached hydrogens (tertiary/aromatic N) is 6. The molecule has 0 bridgehead atoms. The van der Waals surface area contributed by atoms with Crippen molar-refractivity contribution in [2.75, 3.05) is 59.4 Å². The number of thioether (sulfide) groups is 1. The molecule has 6 heterocycles. The molecule has 746 valence electrons.